The summed E-state index contributed by atoms with van der Waals surface area (Å²) >= 11 is 0. The van der Waals surface area contributed by atoms with Crippen molar-refractivity contribution in [2.24, 2.45) is 0 Å². The molecule has 0 aliphatic rings. The van der Waals surface area contributed by atoms with Crippen LogP contribution < -0.4 is 5.32 Å². The predicted octanol–water partition coefficient (Wildman–Crippen LogP) is 1.91. The van der Waals surface area contributed by atoms with Crippen LogP contribution >= 0.6 is 0 Å². The summed E-state index contributed by atoms with van der Waals surface area (Å²) in [6.07, 6.45) is 3.46. The van der Waals surface area contributed by atoms with Gasteiger partial charge in [-0.3, -0.25) is 14.9 Å². The second-order valence-electron chi connectivity index (χ2n) is 4.29. The Balaban J connectivity index is 2.13. The number of hydrogen-bond donors (Lipinski definition) is 2. The summed E-state index contributed by atoms with van der Waals surface area (Å²) in [7, 11) is 0. The number of aromatic nitrogens is 3. The topological polar surface area (TPSA) is 70.7 Å². The van der Waals surface area contributed by atoms with Crippen LogP contribution in [0, 0.1) is 13.8 Å². The molecule has 0 spiro atoms. The average Bonchev–Trinajstić information content (AvgIpc) is 2.70. The third-order valence-corrected chi connectivity index (χ3v) is 2.89. The summed E-state index contributed by atoms with van der Waals surface area (Å²) in [6, 6.07) is 3.71. The summed E-state index contributed by atoms with van der Waals surface area (Å²) in [4.78, 5) is 16.2. The zero-order valence-corrected chi connectivity index (χ0v) is 10.7. The van der Waals surface area contributed by atoms with Gasteiger partial charge in [-0.2, -0.15) is 5.10 Å². The van der Waals surface area contributed by atoms with Crippen molar-refractivity contribution in [1.29, 1.82) is 0 Å². The van der Waals surface area contributed by atoms with E-state index < -0.39 is 0 Å². The Hall–Kier alpha value is -2.17. The molecular weight excluding hydrogens is 228 g/mol. The molecule has 1 unspecified atom stereocenters. The zero-order valence-electron chi connectivity index (χ0n) is 10.7. The van der Waals surface area contributed by atoms with Crippen LogP contribution in [0.4, 0.5) is 0 Å². The van der Waals surface area contributed by atoms with Gasteiger partial charge in [0.1, 0.15) is 0 Å². The van der Waals surface area contributed by atoms with Crippen molar-refractivity contribution in [3.8, 4) is 0 Å². The van der Waals surface area contributed by atoms with Gasteiger partial charge in [0, 0.05) is 18.1 Å². The lowest BCUT2D eigenvalue weighted by atomic mass is 10.1. The molecule has 2 rings (SSSR count). The average molecular weight is 244 g/mol. The summed E-state index contributed by atoms with van der Waals surface area (Å²) in [6.45, 7) is 5.58. The first-order chi connectivity index (χ1) is 8.59. The van der Waals surface area contributed by atoms with Crippen molar-refractivity contribution in [1.82, 2.24) is 20.5 Å². The Morgan fingerprint density at radius 2 is 2.22 bits per heavy atom. The maximum Gasteiger partial charge on any atom is 0.255 e. The van der Waals surface area contributed by atoms with Crippen LogP contribution in [0.25, 0.3) is 0 Å². The van der Waals surface area contributed by atoms with E-state index in [2.05, 4.69) is 20.5 Å². The number of amides is 1. The first-order valence-corrected chi connectivity index (χ1v) is 5.82. The Labute approximate surface area is 106 Å². The number of nitrogens with zero attached hydrogens (tertiary/aromatic N) is 2. The quantitative estimate of drug-likeness (QED) is 0.866. The van der Waals surface area contributed by atoms with Crippen molar-refractivity contribution in [3.63, 3.8) is 0 Å². The van der Waals surface area contributed by atoms with Crippen LogP contribution in [0.15, 0.2) is 24.5 Å². The number of aromatic amines is 1. The summed E-state index contributed by atoms with van der Waals surface area (Å²) in [5, 5.41) is 9.77. The van der Waals surface area contributed by atoms with E-state index in [4.69, 9.17) is 0 Å². The lowest BCUT2D eigenvalue weighted by Gasteiger charge is -2.13. The fourth-order valence-corrected chi connectivity index (χ4v) is 1.87. The van der Waals surface area contributed by atoms with Crippen molar-refractivity contribution in [2.75, 3.05) is 0 Å². The van der Waals surface area contributed by atoms with Gasteiger partial charge in [0.15, 0.2) is 0 Å². The molecule has 2 N–H and O–H groups in total. The van der Waals surface area contributed by atoms with Crippen molar-refractivity contribution in [2.45, 2.75) is 26.8 Å². The number of pyridine rings is 1. The van der Waals surface area contributed by atoms with Crippen LogP contribution in [0.2, 0.25) is 0 Å². The normalized spacial score (nSPS) is 12.2. The molecule has 1 atom stereocenters. The van der Waals surface area contributed by atoms with Crippen LogP contribution in [0.1, 0.15) is 40.3 Å². The lowest BCUT2D eigenvalue weighted by Crippen LogP contribution is -2.27. The van der Waals surface area contributed by atoms with Gasteiger partial charge in [-0.1, -0.05) is 6.07 Å². The van der Waals surface area contributed by atoms with Crippen LogP contribution in [0.5, 0.6) is 0 Å². The summed E-state index contributed by atoms with van der Waals surface area (Å²) in [5.41, 5.74) is 3.09. The molecule has 5 nitrogen and oxygen atoms in total. The fourth-order valence-electron chi connectivity index (χ4n) is 1.87. The largest absolute Gasteiger partial charge is 0.345 e. The van der Waals surface area contributed by atoms with E-state index in [1.54, 1.807) is 12.4 Å². The van der Waals surface area contributed by atoms with Gasteiger partial charge in [-0.05, 0) is 32.4 Å². The highest BCUT2D eigenvalue weighted by molar-refractivity contribution is 5.96. The minimum absolute atomic E-state index is 0.0834. The molecule has 0 aliphatic carbocycles. The number of carbonyl (C=O) groups is 1. The highest BCUT2D eigenvalue weighted by Gasteiger charge is 2.17. The number of carbonyl (C=O) groups excluding carboxylic acids is 1. The molecule has 0 radical (unpaired) electrons. The molecule has 0 fully saturated rings. The van der Waals surface area contributed by atoms with Gasteiger partial charge in [0.2, 0.25) is 0 Å². The van der Waals surface area contributed by atoms with Gasteiger partial charge >= 0.3 is 0 Å². The van der Waals surface area contributed by atoms with Gasteiger partial charge in [-0.15, -0.1) is 0 Å². The standard InChI is InChI=1S/C13H16N4O/c1-8(11-5-4-6-14-7-11)15-13(18)12-9(2)16-17-10(12)3/h4-8H,1-3H3,(H,15,18)(H,16,17). The lowest BCUT2D eigenvalue weighted by molar-refractivity contribution is 0.0938. The molecule has 0 bridgehead atoms. The Kier molecular flexibility index (Phi) is 3.41. The second kappa shape index (κ2) is 5.00. The molecule has 0 aliphatic heterocycles. The molecule has 0 aromatic carbocycles. The molecule has 2 aromatic heterocycles. The molecule has 5 heteroatoms. The predicted molar refractivity (Wildman–Crippen MR) is 68.2 cm³/mol. The van der Waals surface area contributed by atoms with Crippen molar-refractivity contribution < 1.29 is 4.79 Å². The number of nitrogens with one attached hydrogen (secondary N) is 2. The zero-order chi connectivity index (χ0) is 13.1. The van der Waals surface area contributed by atoms with E-state index in [-0.39, 0.29) is 11.9 Å². The molecule has 18 heavy (non-hydrogen) atoms. The van der Waals surface area contributed by atoms with E-state index in [9.17, 15) is 4.79 Å². The Bertz CT molecular complexity index is 528. The van der Waals surface area contributed by atoms with E-state index in [0.29, 0.717) is 11.3 Å². The molecule has 2 heterocycles. The molecule has 1 amide bonds. The number of rotatable bonds is 3. The van der Waals surface area contributed by atoms with E-state index >= 15 is 0 Å². The molecule has 0 saturated heterocycles. The SMILES string of the molecule is Cc1n[nH]c(C)c1C(=O)NC(C)c1cccnc1. The minimum Gasteiger partial charge on any atom is -0.345 e. The fraction of sp³-hybridized carbons (Fsp3) is 0.308. The molecular formula is C13H16N4O. The van der Waals surface area contributed by atoms with Gasteiger partial charge in [0.25, 0.3) is 5.91 Å². The Morgan fingerprint density at radius 3 is 2.78 bits per heavy atom. The van der Waals surface area contributed by atoms with E-state index in [1.165, 1.54) is 0 Å². The minimum atomic E-state index is -0.116. The highest BCUT2D eigenvalue weighted by Crippen LogP contribution is 2.14. The highest BCUT2D eigenvalue weighted by atomic mass is 16.1. The van der Waals surface area contributed by atoms with Crippen LogP contribution in [-0.4, -0.2) is 21.1 Å². The van der Waals surface area contributed by atoms with Crippen molar-refractivity contribution in [3.05, 3.63) is 47.0 Å². The van der Waals surface area contributed by atoms with Crippen molar-refractivity contribution >= 4 is 5.91 Å². The van der Waals surface area contributed by atoms with Gasteiger partial charge in [-0.25, -0.2) is 0 Å². The monoisotopic (exact) mass is 244 g/mol. The second-order valence-corrected chi connectivity index (χ2v) is 4.29. The first-order valence-electron chi connectivity index (χ1n) is 5.82. The summed E-state index contributed by atoms with van der Waals surface area (Å²) < 4.78 is 0. The van der Waals surface area contributed by atoms with Gasteiger partial charge < -0.3 is 5.32 Å². The number of aryl methyl sites for hydroxylation is 2. The third-order valence-electron chi connectivity index (χ3n) is 2.89. The Morgan fingerprint density at radius 1 is 1.44 bits per heavy atom. The van der Waals surface area contributed by atoms with E-state index in [0.717, 1.165) is 11.3 Å². The molecule has 2 aromatic rings. The first kappa shape index (κ1) is 12.3. The third kappa shape index (κ3) is 2.40. The van der Waals surface area contributed by atoms with Gasteiger partial charge in [0.05, 0.1) is 17.3 Å². The summed E-state index contributed by atoms with van der Waals surface area (Å²) in [5.74, 6) is -0.116. The smallest absolute Gasteiger partial charge is 0.255 e. The molecule has 0 saturated carbocycles. The maximum absolute atomic E-state index is 12.1. The molecule has 94 valence electrons. The number of H-pyrrole nitrogens is 1. The van der Waals surface area contributed by atoms with Crippen LogP contribution in [-0.2, 0) is 0 Å². The number of hydrogen-bond acceptors (Lipinski definition) is 3. The van der Waals surface area contributed by atoms with Crippen LogP contribution in [0.3, 0.4) is 0 Å². The maximum atomic E-state index is 12.1. The van der Waals surface area contributed by atoms with E-state index in [1.807, 2.05) is 32.9 Å².